The van der Waals surface area contributed by atoms with Crippen molar-refractivity contribution in [2.24, 2.45) is 5.41 Å². The van der Waals surface area contributed by atoms with Crippen LogP contribution in [-0.4, -0.2) is 7.11 Å². The Morgan fingerprint density at radius 2 is 1.78 bits per heavy atom. The molecule has 0 aliphatic heterocycles. The lowest BCUT2D eigenvalue weighted by molar-refractivity contribution is 0.206. The van der Waals surface area contributed by atoms with Crippen molar-refractivity contribution >= 4 is 0 Å². The molecule has 0 unspecified atom stereocenters. The molecule has 0 amide bonds. The summed E-state index contributed by atoms with van der Waals surface area (Å²) >= 11 is 0. The average Bonchev–Trinajstić information content (AvgIpc) is 1.65. The quantitative estimate of drug-likeness (QED) is 0.493. The van der Waals surface area contributed by atoms with E-state index in [4.69, 9.17) is 4.74 Å². The lowest BCUT2D eigenvalue weighted by atomic mass is 9.94. The molecule has 0 N–H and O–H groups in total. The lowest BCUT2D eigenvalue weighted by Crippen LogP contribution is -2.10. The minimum absolute atomic E-state index is 0.156. The Balaban J connectivity index is 4.14. The van der Waals surface area contributed by atoms with E-state index in [0.717, 1.165) is 5.76 Å². The molecular formula is C8H16O. The second-order valence-electron chi connectivity index (χ2n) is 3.11. The van der Waals surface area contributed by atoms with E-state index in [9.17, 15) is 0 Å². The SMILES string of the molecule is CC=C(OC)C(C)(C)C. The van der Waals surface area contributed by atoms with E-state index < -0.39 is 0 Å². The topological polar surface area (TPSA) is 9.23 Å². The zero-order valence-corrected chi connectivity index (χ0v) is 6.99. The van der Waals surface area contributed by atoms with Gasteiger partial charge < -0.3 is 4.74 Å². The summed E-state index contributed by atoms with van der Waals surface area (Å²) in [5.41, 5.74) is 0.156. The highest BCUT2D eigenvalue weighted by Crippen LogP contribution is 2.24. The van der Waals surface area contributed by atoms with E-state index in [0.29, 0.717) is 0 Å². The average molecular weight is 128 g/mol. The third kappa shape index (κ3) is 2.54. The summed E-state index contributed by atoms with van der Waals surface area (Å²) in [6.07, 6.45) is 2.00. The predicted molar refractivity (Wildman–Crippen MR) is 40.2 cm³/mol. The van der Waals surface area contributed by atoms with Crippen molar-refractivity contribution in [3.8, 4) is 0 Å². The molecule has 0 aliphatic rings. The van der Waals surface area contributed by atoms with Crippen molar-refractivity contribution in [3.05, 3.63) is 11.8 Å². The fourth-order valence-corrected chi connectivity index (χ4v) is 0.857. The van der Waals surface area contributed by atoms with Gasteiger partial charge in [-0.1, -0.05) is 20.8 Å². The summed E-state index contributed by atoms with van der Waals surface area (Å²) in [6.45, 7) is 8.38. The van der Waals surface area contributed by atoms with Crippen molar-refractivity contribution in [1.29, 1.82) is 0 Å². The normalized spacial score (nSPS) is 13.7. The van der Waals surface area contributed by atoms with Gasteiger partial charge in [-0.2, -0.15) is 0 Å². The molecule has 54 valence electrons. The first kappa shape index (κ1) is 8.54. The van der Waals surface area contributed by atoms with Gasteiger partial charge in [0.2, 0.25) is 0 Å². The second kappa shape index (κ2) is 2.90. The highest BCUT2D eigenvalue weighted by Gasteiger charge is 2.15. The molecule has 1 nitrogen and oxygen atoms in total. The first-order valence-electron chi connectivity index (χ1n) is 3.23. The molecule has 0 fully saturated rings. The maximum Gasteiger partial charge on any atom is 0.0966 e. The number of allylic oxidation sites excluding steroid dienone is 2. The van der Waals surface area contributed by atoms with Gasteiger partial charge in [0.25, 0.3) is 0 Å². The van der Waals surface area contributed by atoms with E-state index in [2.05, 4.69) is 20.8 Å². The van der Waals surface area contributed by atoms with Crippen LogP contribution < -0.4 is 0 Å². The van der Waals surface area contributed by atoms with Crippen LogP contribution in [0.25, 0.3) is 0 Å². The number of methoxy groups -OCH3 is 1. The zero-order valence-electron chi connectivity index (χ0n) is 6.99. The zero-order chi connectivity index (χ0) is 7.49. The summed E-state index contributed by atoms with van der Waals surface area (Å²) in [5.74, 6) is 1.04. The van der Waals surface area contributed by atoms with Gasteiger partial charge in [-0.15, -0.1) is 0 Å². The molecule has 0 aromatic carbocycles. The summed E-state index contributed by atoms with van der Waals surface area (Å²) in [7, 11) is 1.71. The van der Waals surface area contributed by atoms with Crippen LogP contribution in [-0.2, 0) is 4.74 Å². The van der Waals surface area contributed by atoms with E-state index in [-0.39, 0.29) is 5.41 Å². The van der Waals surface area contributed by atoms with Gasteiger partial charge in [-0.05, 0) is 13.0 Å². The van der Waals surface area contributed by atoms with Crippen molar-refractivity contribution in [3.63, 3.8) is 0 Å². The Morgan fingerprint density at radius 3 is 1.78 bits per heavy atom. The van der Waals surface area contributed by atoms with Crippen LogP contribution in [0.15, 0.2) is 11.8 Å². The fourth-order valence-electron chi connectivity index (χ4n) is 0.857. The molecule has 0 saturated carbocycles. The van der Waals surface area contributed by atoms with Gasteiger partial charge in [0, 0.05) is 5.41 Å². The predicted octanol–water partition coefficient (Wildman–Crippen LogP) is 2.58. The molecule has 0 aromatic heterocycles. The monoisotopic (exact) mass is 128 g/mol. The van der Waals surface area contributed by atoms with Crippen molar-refractivity contribution in [1.82, 2.24) is 0 Å². The first-order chi connectivity index (χ1) is 4.02. The van der Waals surface area contributed by atoms with Gasteiger partial charge in [0.1, 0.15) is 0 Å². The Kier molecular flexibility index (Phi) is 2.75. The summed E-state index contributed by atoms with van der Waals surface area (Å²) < 4.78 is 5.12. The molecule has 0 aromatic rings. The van der Waals surface area contributed by atoms with E-state index in [1.165, 1.54) is 0 Å². The lowest BCUT2D eigenvalue weighted by Gasteiger charge is -2.20. The van der Waals surface area contributed by atoms with Crippen LogP contribution in [0.1, 0.15) is 27.7 Å². The van der Waals surface area contributed by atoms with Crippen molar-refractivity contribution in [2.45, 2.75) is 27.7 Å². The molecule has 0 atom stereocenters. The number of rotatable bonds is 1. The van der Waals surface area contributed by atoms with Crippen LogP contribution >= 0.6 is 0 Å². The third-order valence-electron chi connectivity index (χ3n) is 1.22. The number of hydrogen-bond donors (Lipinski definition) is 0. The van der Waals surface area contributed by atoms with Gasteiger partial charge in [-0.25, -0.2) is 0 Å². The largest absolute Gasteiger partial charge is 0.501 e. The Morgan fingerprint density at radius 1 is 1.33 bits per heavy atom. The van der Waals surface area contributed by atoms with E-state index >= 15 is 0 Å². The molecule has 0 heterocycles. The molecule has 0 rings (SSSR count). The van der Waals surface area contributed by atoms with Gasteiger partial charge in [-0.3, -0.25) is 0 Å². The Bertz CT molecular complexity index is 106. The highest BCUT2D eigenvalue weighted by molar-refractivity contribution is 5.00. The maximum atomic E-state index is 5.12. The minimum Gasteiger partial charge on any atom is -0.501 e. The molecular weight excluding hydrogens is 112 g/mol. The standard InChI is InChI=1S/C8H16O/c1-6-7(9-5)8(2,3)4/h6H,1-5H3. The number of hydrogen-bond acceptors (Lipinski definition) is 1. The smallest absolute Gasteiger partial charge is 0.0966 e. The van der Waals surface area contributed by atoms with Gasteiger partial charge in [0.15, 0.2) is 0 Å². The van der Waals surface area contributed by atoms with Crippen LogP contribution in [0.5, 0.6) is 0 Å². The van der Waals surface area contributed by atoms with E-state index in [1.807, 2.05) is 13.0 Å². The van der Waals surface area contributed by atoms with Crippen LogP contribution in [0.3, 0.4) is 0 Å². The number of ether oxygens (including phenoxy) is 1. The molecule has 0 saturated heterocycles. The summed E-state index contributed by atoms with van der Waals surface area (Å²) in [5, 5.41) is 0. The van der Waals surface area contributed by atoms with Crippen LogP contribution in [0.4, 0.5) is 0 Å². The Hall–Kier alpha value is -0.460. The molecule has 9 heavy (non-hydrogen) atoms. The van der Waals surface area contributed by atoms with Crippen molar-refractivity contribution in [2.75, 3.05) is 7.11 Å². The molecule has 0 aliphatic carbocycles. The fraction of sp³-hybridized carbons (Fsp3) is 0.750. The molecule has 1 heteroatoms. The van der Waals surface area contributed by atoms with Crippen molar-refractivity contribution < 1.29 is 4.74 Å². The molecule has 0 bridgehead atoms. The van der Waals surface area contributed by atoms with Gasteiger partial charge >= 0.3 is 0 Å². The summed E-state index contributed by atoms with van der Waals surface area (Å²) in [6, 6.07) is 0. The first-order valence-corrected chi connectivity index (χ1v) is 3.23. The van der Waals surface area contributed by atoms with E-state index in [1.54, 1.807) is 7.11 Å². The third-order valence-corrected chi connectivity index (χ3v) is 1.22. The van der Waals surface area contributed by atoms with Crippen LogP contribution in [0, 0.1) is 5.41 Å². The molecule has 0 radical (unpaired) electrons. The second-order valence-corrected chi connectivity index (χ2v) is 3.11. The van der Waals surface area contributed by atoms with Crippen LogP contribution in [0.2, 0.25) is 0 Å². The minimum atomic E-state index is 0.156. The molecule has 0 spiro atoms. The highest BCUT2D eigenvalue weighted by atomic mass is 16.5. The van der Waals surface area contributed by atoms with Gasteiger partial charge in [0.05, 0.1) is 12.9 Å². The Labute approximate surface area is 57.7 Å². The summed E-state index contributed by atoms with van der Waals surface area (Å²) in [4.78, 5) is 0. The maximum absolute atomic E-state index is 5.12.